The Morgan fingerprint density at radius 1 is 1.45 bits per heavy atom. The quantitative estimate of drug-likeness (QED) is 0.703. The van der Waals surface area contributed by atoms with Crippen LogP contribution in [0.2, 0.25) is 0 Å². The van der Waals surface area contributed by atoms with E-state index >= 15 is 0 Å². The topological polar surface area (TPSA) is 81.7 Å². The molecule has 6 nitrogen and oxygen atoms in total. The maximum absolute atomic E-state index is 12.6. The van der Waals surface area contributed by atoms with Gasteiger partial charge in [-0.05, 0) is 18.6 Å². The highest BCUT2D eigenvalue weighted by Crippen LogP contribution is 2.24. The Hall–Kier alpha value is -2.08. The van der Waals surface area contributed by atoms with Gasteiger partial charge in [0.05, 0.1) is 5.56 Å². The molecule has 108 valence electrons. The number of hydrogen-bond acceptors (Lipinski definition) is 4. The molecule has 0 spiro atoms. The number of nitrogens with one attached hydrogen (secondary N) is 2. The van der Waals surface area contributed by atoms with Crippen molar-refractivity contribution in [3.05, 3.63) is 29.3 Å². The Bertz CT molecular complexity index is 530. The molecule has 1 aromatic carbocycles. The van der Waals surface area contributed by atoms with Crippen molar-refractivity contribution in [3.63, 3.8) is 0 Å². The largest absolute Gasteiger partial charge is 0.507 e. The van der Waals surface area contributed by atoms with E-state index in [9.17, 15) is 14.7 Å². The van der Waals surface area contributed by atoms with Gasteiger partial charge in [-0.2, -0.15) is 0 Å². The van der Waals surface area contributed by atoms with E-state index in [0.717, 1.165) is 0 Å². The van der Waals surface area contributed by atoms with Crippen molar-refractivity contribution in [2.24, 2.45) is 0 Å². The minimum absolute atomic E-state index is 0.0216. The Balaban J connectivity index is 2.30. The minimum atomic E-state index is -0.554. The number of nitrogens with zero attached hydrogens (tertiary/aromatic N) is 1. The molecule has 2 amide bonds. The molecule has 1 aliphatic heterocycles. The van der Waals surface area contributed by atoms with Crippen LogP contribution in [0.1, 0.15) is 15.9 Å². The molecule has 1 atom stereocenters. The van der Waals surface area contributed by atoms with Crippen molar-refractivity contribution in [2.45, 2.75) is 13.0 Å². The lowest BCUT2D eigenvalue weighted by molar-refractivity contribution is -0.125. The maximum Gasteiger partial charge on any atom is 0.258 e. The van der Waals surface area contributed by atoms with Crippen LogP contribution in [-0.2, 0) is 4.79 Å². The molecule has 0 saturated carbocycles. The van der Waals surface area contributed by atoms with Gasteiger partial charge in [-0.3, -0.25) is 9.59 Å². The third-order valence-corrected chi connectivity index (χ3v) is 3.52. The summed E-state index contributed by atoms with van der Waals surface area (Å²) in [5.74, 6) is -0.550. The van der Waals surface area contributed by atoms with Gasteiger partial charge in [0.25, 0.3) is 5.91 Å². The van der Waals surface area contributed by atoms with Gasteiger partial charge in [0.1, 0.15) is 11.8 Å². The van der Waals surface area contributed by atoms with Gasteiger partial charge in [-0.15, -0.1) is 0 Å². The van der Waals surface area contributed by atoms with Gasteiger partial charge in [0.2, 0.25) is 5.91 Å². The summed E-state index contributed by atoms with van der Waals surface area (Å²) in [5.41, 5.74) is 0.878. The molecule has 1 unspecified atom stereocenters. The van der Waals surface area contributed by atoms with Gasteiger partial charge in [-0.1, -0.05) is 12.1 Å². The first-order valence-corrected chi connectivity index (χ1v) is 6.58. The lowest BCUT2D eigenvalue weighted by Crippen LogP contribution is -2.59. The van der Waals surface area contributed by atoms with E-state index in [1.807, 2.05) is 0 Å². The van der Waals surface area contributed by atoms with E-state index in [0.29, 0.717) is 25.2 Å². The van der Waals surface area contributed by atoms with Crippen molar-refractivity contribution >= 4 is 11.8 Å². The number of rotatable bonds is 2. The standard InChI is InChI=1S/C14H19N3O3/c1-9-4-3-5-10(12(9)18)14(20)17-7-6-16-8-11(17)13(19)15-2/h3-5,11,16,18H,6-8H2,1-2H3,(H,15,19). The average Bonchev–Trinajstić information content (AvgIpc) is 2.48. The monoisotopic (exact) mass is 277 g/mol. The molecule has 2 rings (SSSR count). The second kappa shape index (κ2) is 5.92. The summed E-state index contributed by atoms with van der Waals surface area (Å²) in [4.78, 5) is 25.9. The van der Waals surface area contributed by atoms with Gasteiger partial charge >= 0.3 is 0 Å². The second-order valence-corrected chi connectivity index (χ2v) is 4.80. The molecule has 1 aliphatic rings. The molecule has 0 bridgehead atoms. The van der Waals surface area contributed by atoms with E-state index in [2.05, 4.69) is 10.6 Å². The van der Waals surface area contributed by atoms with E-state index in [4.69, 9.17) is 0 Å². The number of hydrogen-bond donors (Lipinski definition) is 3. The van der Waals surface area contributed by atoms with Crippen LogP contribution in [0.5, 0.6) is 5.75 Å². The van der Waals surface area contributed by atoms with Crippen LogP contribution in [-0.4, -0.2) is 54.5 Å². The lowest BCUT2D eigenvalue weighted by atomic mass is 10.1. The smallest absolute Gasteiger partial charge is 0.258 e. The predicted octanol–water partition coefficient (Wildman–Crippen LogP) is -0.139. The summed E-state index contributed by atoms with van der Waals surface area (Å²) in [6.07, 6.45) is 0. The predicted molar refractivity (Wildman–Crippen MR) is 74.6 cm³/mol. The molecule has 1 saturated heterocycles. The number of piperazine rings is 1. The number of aromatic hydroxyl groups is 1. The van der Waals surface area contributed by atoms with Crippen LogP contribution in [0.25, 0.3) is 0 Å². The van der Waals surface area contributed by atoms with Crippen molar-refractivity contribution < 1.29 is 14.7 Å². The number of para-hydroxylation sites is 1. The number of carbonyl (C=O) groups is 2. The number of carbonyl (C=O) groups excluding carboxylic acids is 2. The Labute approximate surface area is 117 Å². The molecule has 1 aromatic rings. The van der Waals surface area contributed by atoms with E-state index in [1.165, 1.54) is 4.90 Å². The average molecular weight is 277 g/mol. The van der Waals surface area contributed by atoms with Gasteiger partial charge in [-0.25, -0.2) is 0 Å². The first-order valence-electron chi connectivity index (χ1n) is 6.58. The van der Waals surface area contributed by atoms with Crippen molar-refractivity contribution in [1.82, 2.24) is 15.5 Å². The fraction of sp³-hybridized carbons (Fsp3) is 0.429. The molecular formula is C14H19N3O3. The fourth-order valence-corrected chi connectivity index (χ4v) is 2.33. The summed E-state index contributed by atoms with van der Waals surface area (Å²) in [6, 6.07) is 4.48. The highest BCUT2D eigenvalue weighted by atomic mass is 16.3. The van der Waals surface area contributed by atoms with E-state index in [1.54, 1.807) is 32.2 Å². The van der Waals surface area contributed by atoms with Gasteiger partial charge in [0, 0.05) is 26.7 Å². The number of likely N-dealkylation sites (N-methyl/N-ethyl adjacent to an activating group) is 1. The van der Waals surface area contributed by atoms with Crippen molar-refractivity contribution in [2.75, 3.05) is 26.7 Å². The zero-order valence-corrected chi connectivity index (χ0v) is 11.6. The van der Waals surface area contributed by atoms with Gasteiger partial charge in [0.15, 0.2) is 0 Å². The molecule has 0 aliphatic carbocycles. The number of aryl methyl sites for hydroxylation is 1. The van der Waals surface area contributed by atoms with Crippen LogP contribution < -0.4 is 10.6 Å². The number of benzene rings is 1. The second-order valence-electron chi connectivity index (χ2n) is 4.80. The first kappa shape index (κ1) is 14.3. The Morgan fingerprint density at radius 3 is 2.90 bits per heavy atom. The molecule has 0 radical (unpaired) electrons. The number of phenols is 1. The minimum Gasteiger partial charge on any atom is -0.507 e. The highest BCUT2D eigenvalue weighted by Gasteiger charge is 2.33. The summed E-state index contributed by atoms with van der Waals surface area (Å²) >= 11 is 0. The zero-order chi connectivity index (χ0) is 14.7. The van der Waals surface area contributed by atoms with Crippen molar-refractivity contribution in [1.29, 1.82) is 0 Å². The van der Waals surface area contributed by atoms with Crippen molar-refractivity contribution in [3.8, 4) is 5.75 Å². The third kappa shape index (κ3) is 2.60. The normalized spacial score (nSPS) is 18.7. The maximum atomic E-state index is 12.6. The molecule has 6 heteroatoms. The van der Waals surface area contributed by atoms with Crippen LogP contribution in [0.4, 0.5) is 0 Å². The molecule has 3 N–H and O–H groups in total. The SMILES string of the molecule is CNC(=O)C1CNCCN1C(=O)c1cccc(C)c1O. The van der Waals surface area contributed by atoms with Crippen LogP contribution >= 0.6 is 0 Å². The molecular weight excluding hydrogens is 258 g/mol. The van der Waals surface area contributed by atoms with Crippen LogP contribution in [0.15, 0.2) is 18.2 Å². The van der Waals surface area contributed by atoms with Crippen LogP contribution in [0, 0.1) is 6.92 Å². The highest BCUT2D eigenvalue weighted by molar-refractivity contribution is 6.00. The number of phenolic OH excluding ortho intramolecular Hbond substituents is 1. The molecule has 0 aromatic heterocycles. The van der Waals surface area contributed by atoms with Crippen LogP contribution in [0.3, 0.4) is 0 Å². The summed E-state index contributed by atoms with van der Waals surface area (Å²) in [7, 11) is 1.55. The van der Waals surface area contributed by atoms with E-state index in [-0.39, 0.29) is 23.1 Å². The lowest BCUT2D eigenvalue weighted by Gasteiger charge is -2.35. The fourth-order valence-electron chi connectivity index (χ4n) is 2.33. The Morgan fingerprint density at radius 2 is 2.20 bits per heavy atom. The molecule has 20 heavy (non-hydrogen) atoms. The molecule has 1 fully saturated rings. The summed E-state index contributed by atoms with van der Waals surface area (Å²) in [6.45, 7) is 3.22. The zero-order valence-electron chi connectivity index (χ0n) is 11.6. The Kier molecular flexibility index (Phi) is 4.24. The number of amides is 2. The van der Waals surface area contributed by atoms with E-state index < -0.39 is 6.04 Å². The van der Waals surface area contributed by atoms with Gasteiger partial charge < -0.3 is 20.6 Å². The molecule has 1 heterocycles. The summed E-state index contributed by atoms with van der Waals surface area (Å²) in [5, 5.41) is 15.7. The first-order chi connectivity index (χ1) is 9.56. The third-order valence-electron chi connectivity index (χ3n) is 3.52. The summed E-state index contributed by atoms with van der Waals surface area (Å²) < 4.78 is 0.